The van der Waals surface area contributed by atoms with Gasteiger partial charge in [-0.1, -0.05) is 29.8 Å². The number of benzene rings is 3. The number of hydrogen-bond donors (Lipinski definition) is 2. The van der Waals surface area contributed by atoms with Crippen molar-refractivity contribution < 1.29 is 22.4 Å². The summed E-state index contributed by atoms with van der Waals surface area (Å²) < 4.78 is 56.4. The molecule has 1 amide bonds. The van der Waals surface area contributed by atoms with Crippen molar-refractivity contribution in [1.29, 1.82) is 0 Å². The molecule has 4 nitrogen and oxygen atoms in total. The number of halogens is 5. The lowest BCUT2D eigenvalue weighted by molar-refractivity contribution is -0.137. The Kier molecular flexibility index (Phi) is 3.47. The number of rotatable bonds is 0. The largest absolute Gasteiger partial charge is 0.417 e. The normalized spacial score (nSPS) is 16.5. The topological polar surface area (TPSA) is 57.8 Å². The number of nitrogens with one attached hydrogen (secondary N) is 2. The molecular weight excluding hydrogens is 434 g/mol. The molecule has 1 aromatic heterocycles. The Hall–Kier alpha value is -3.39. The first-order valence-electron chi connectivity index (χ1n) is 9.27. The van der Waals surface area contributed by atoms with Crippen molar-refractivity contribution in [2.45, 2.75) is 12.2 Å². The summed E-state index contributed by atoms with van der Waals surface area (Å²) in [5.74, 6) is -1.24. The van der Waals surface area contributed by atoms with Gasteiger partial charge in [-0.3, -0.25) is 4.79 Å². The fourth-order valence-electron chi connectivity index (χ4n) is 4.50. The van der Waals surface area contributed by atoms with Gasteiger partial charge in [-0.15, -0.1) is 0 Å². The minimum absolute atomic E-state index is 0.0658. The van der Waals surface area contributed by atoms with Crippen molar-refractivity contribution in [2.75, 3.05) is 0 Å². The molecule has 4 aromatic rings. The van der Waals surface area contributed by atoms with Gasteiger partial charge < -0.3 is 10.3 Å². The van der Waals surface area contributed by atoms with Crippen LogP contribution in [0.25, 0.3) is 33.5 Å². The summed E-state index contributed by atoms with van der Waals surface area (Å²) in [6.07, 6.45) is -4.80. The lowest BCUT2D eigenvalue weighted by atomic mass is 9.90. The molecule has 2 aliphatic heterocycles. The number of carbonyl (C=O) groups excluding carboxylic acids is 1. The number of H-pyrrole nitrogens is 1. The zero-order valence-electron chi connectivity index (χ0n) is 15.4. The molecule has 9 heteroatoms. The lowest BCUT2D eigenvalue weighted by Crippen LogP contribution is -2.20. The molecule has 0 spiro atoms. The van der Waals surface area contributed by atoms with E-state index in [9.17, 15) is 22.4 Å². The van der Waals surface area contributed by atoms with E-state index in [0.29, 0.717) is 33.3 Å². The van der Waals surface area contributed by atoms with Gasteiger partial charge in [0, 0.05) is 27.3 Å². The Balaban J connectivity index is 1.84. The molecule has 0 saturated heterocycles. The Morgan fingerprint density at radius 2 is 1.84 bits per heavy atom. The number of carbonyl (C=O) groups is 1. The number of nitrogens with zero attached hydrogens (tertiary/aromatic N) is 1. The second kappa shape index (κ2) is 5.85. The second-order valence-electron chi connectivity index (χ2n) is 7.50. The molecule has 3 heterocycles. The molecule has 154 valence electrons. The van der Waals surface area contributed by atoms with E-state index < -0.39 is 23.6 Å². The SMILES string of the molecule is O=C1NC2c3cc(ccc3Cl)-c3c(C(F)(F)F)cc(F)c4nc([nH]c34)-c3cccc1c32. The van der Waals surface area contributed by atoms with Gasteiger partial charge in [0.15, 0.2) is 5.82 Å². The Morgan fingerprint density at radius 3 is 2.61 bits per heavy atom. The second-order valence-corrected chi connectivity index (χ2v) is 7.90. The highest BCUT2D eigenvalue weighted by Crippen LogP contribution is 2.47. The predicted octanol–water partition coefficient (Wildman–Crippen LogP) is 5.85. The Morgan fingerprint density at radius 1 is 1.06 bits per heavy atom. The summed E-state index contributed by atoms with van der Waals surface area (Å²) in [6.45, 7) is 0. The Bertz CT molecular complexity index is 1460. The van der Waals surface area contributed by atoms with Crippen LogP contribution < -0.4 is 5.32 Å². The van der Waals surface area contributed by atoms with E-state index in [-0.39, 0.29) is 33.9 Å². The highest BCUT2D eigenvalue weighted by atomic mass is 35.5. The van der Waals surface area contributed by atoms with Crippen molar-refractivity contribution in [3.8, 4) is 22.5 Å². The fraction of sp³-hybridized carbons (Fsp3) is 0.0909. The van der Waals surface area contributed by atoms with Gasteiger partial charge in [-0.2, -0.15) is 13.2 Å². The highest BCUT2D eigenvalue weighted by Gasteiger charge is 2.39. The maximum atomic E-state index is 14.7. The van der Waals surface area contributed by atoms with Gasteiger partial charge in [0.1, 0.15) is 11.3 Å². The fourth-order valence-corrected chi connectivity index (χ4v) is 4.72. The molecule has 31 heavy (non-hydrogen) atoms. The quantitative estimate of drug-likeness (QED) is 0.335. The van der Waals surface area contributed by atoms with Gasteiger partial charge in [0.05, 0.1) is 17.1 Å². The maximum absolute atomic E-state index is 14.7. The van der Waals surface area contributed by atoms with E-state index in [0.717, 1.165) is 0 Å². The summed E-state index contributed by atoms with van der Waals surface area (Å²) in [5.41, 5.74) is 0.509. The minimum atomic E-state index is -4.80. The molecule has 0 fully saturated rings. The van der Waals surface area contributed by atoms with Crippen LogP contribution in [0, 0.1) is 5.82 Å². The van der Waals surface area contributed by atoms with Gasteiger partial charge in [0.25, 0.3) is 5.91 Å². The Labute approximate surface area is 176 Å². The molecule has 2 N–H and O–H groups in total. The van der Waals surface area contributed by atoms with Crippen molar-refractivity contribution in [1.82, 2.24) is 15.3 Å². The van der Waals surface area contributed by atoms with Gasteiger partial charge in [-0.25, -0.2) is 9.37 Å². The van der Waals surface area contributed by atoms with Crippen LogP contribution in [0.15, 0.2) is 42.5 Å². The number of fused-ring (bicyclic) bond motifs is 6. The first-order chi connectivity index (χ1) is 14.7. The van der Waals surface area contributed by atoms with E-state index in [4.69, 9.17) is 11.6 Å². The monoisotopic (exact) mass is 443 g/mol. The smallest absolute Gasteiger partial charge is 0.341 e. The number of amides is 1. The van der Waals surface area contributed by atoms with Gasteiger partial charge in [-0.05, 0) is 35.4 Å². The number of aromatic amines is 1. The molecule has 0 saturated carbocycles. The summed E-state index contributed by atoms with van der Waals surface area (Å²) in [6, 6.07) is 9.19. The van der Waals surface area contributed by atoms with Crippen molar-refractivity contribution in [3.05, 3.63) is 75.6 Å². The standard InChI is InChI=1S/C22H10ClF4N3O/c23-13-5-4-8-6-11(13)17-16-9(2-1-3-10(16)21(31)30-17)20-28-18-14(24)7-12(22(25,26)27)15(8)19(18)29-20/h1-7,17H,(H,28,29)(H,30,31). The third-order valence-corrected chi connectivity index (χ3v) is 6.14. The molecule has 4 bridgehead atoms. The number of alkyl halides is 3. The molecule has 3 aromatic carbocycles. The zero-order valence-corrected chi connectivity index (χ0v) is 16.1. The molecule has 0 radical (unpaired) electrons. The van der Waals surface area contributed by atoms with Crippen LogP contribution in [0.3, 0.4) is 0 Å². The van der Waals surface area contributed by atoms with Gasteiger partial charge >= 0.3 is 6.18 Å². The van der Waals surface area contributed by atoms with Crippen LogP contribution in [0.1, 0.15) is 33.1 Å². The summed E-state index contributed by atoms with van der Waals surface area (Å²) in [4.78, 5) is 19.8. The molecule has 6 rings (SSSR count). The van der Waals surface area contributed by atoms with Crippen LogP contribution >= 0.6 is 11.6 Å². The molecular formula is C22H10ClF4N3O. The van der Waals surface area contributed by atoms with E-state index >= 15 is 0 Å². The molecule has 2 aliphatic rings. The zero-order chi connectivity index (χ0) is 21.7. The van der Waals surface area contributed by atoms with Crippen LogP contribution in [0.2, 0.25) is 5.02 Å². The predicted molar refractivity (Wildman–Crippen MR) is 106 cm³/mol. The average Bonchev–Trinajstić information content (AvgIpc) is 3.30. The first-order valence-corrected chi connectivity index (χ1v) is 9.65. The van der Waals surface area contributed by atoms with Crippen molar-refractivity contribution in [2.24, 2.45) is 0 Å². The summed E-state index contributed by atoms with van der Waals surface area (Å²) >= 11 is 6.41. The molecule has 1 unspecified atom stereocenters. The third kappa shape index (κ3) is 2.42. The summed E-state index contributed by atoms with van der Waals surface area (Å²) in [7, 11) is 0. The number of imidazole rings is 1. The van der Waals surface area contributed by atoms with E-state index in [1.54, 1.807) is 18.2 Å². The van der Waals surface area contributed by atoms with Crippen LogP contribution in [0.5, 0.6) is 0 Å². The van der Waals surface area contributed by atoms with E-state index in [1.165, 1.54) is 18.2 Å². The van der Waals surface area contributed by atoms with E-state index in [1.807, 2.05) is 0 Å². The number of hydrogen-bond acceptors (Lipinski definition) is 2. The lowest BCUT2D eigenvalue weighted by Gasteiger charge is -2.20. The van der Waals surface area contributed by atoms with E-state index in [2.05, 4.69) is 15.3 Å². The minimum Gasteiger partial charge on any atom is -0.341 e. The first kappa shape index (κ1) is 18.4. The highest BCUT2D eigenvalue weighted by molar-refractivity contribution is 6.31. The van der Waals surface area contributed by atoms with Crippen LogP contribution in [0.4, 0.5) is 17.6 Å². The van der Waals surface area contributed by atoms with Gasteiger partial charge in [0.2, 0.25) is 0 Å². The van der Waals surface area contributed by atoms with Crippen LogP contribution in [-0.2, 0) is 6.18 Å². The van der Waals surface area contributed by atoms with Crippen molar-refractivity contribution in [3.63, 3.8) is 0 Å². The molecule has 0 aliphatic carbocycles. The maximum Gasteiger partial charge on any atom is 0.417 e. The van der Waals surface area contributed by atoms with Crippen LogP contribution in [-0.4, -0.2) is 15.9 Å². The summed E-state index contributed by atoms with van der Waals surface area (Å²) in [5, 5.41) is 3.14. The molecule has 1 atom stereocenters. The van der Waals surface area contributed by atoms with Crippen molar-refractivity contribution >= 4 is 28.5 Å². The average molecular weight is 444 g/mol. The third-order valence-electron chi connectivity index (χ3n) is 5.79. The number of aromatic nitrogens is 2.